The Morgan fingerprint density at radius 3 is 3.04 bits per heavy atom. The van der Waals surface area contributed by atoms with Crippen LogP contribution in [0, 0.1) is 5.82 Å². The molecule has 28 heavy (non-hydrogen) atoms. The molecule has 0 unspecified atom stereocenters. The third kappa shape index (κ3) is 2.87. The second-order valence-electron chi connectivity index (χ2n) is 7.50. The van der Waals surface area contributed by atoms with Gasteiger partial charge in [0.1, 0.15) is 23.5 Å². The predicted molar refractivity (Wildman–Crippen MR) is 106 cm³/mol. The van der Waals surface area contributed by atoms with E-state index in [1.165, 1.54) is 12.1 Å². The molecule has 1 aromatic carbocycles. The van der Waals surface area contributed by atoms with Gasteiger partial charge >= 0.3 is 0 Å². The number of nitrogens with one attached hydrogen (secondary N) is 2. The molecule has 2 N–H and O–H groups in total. The first kappa shape index (κ1) is 17.0. The Kier molecular flexibility index (Phi) is 3.96. The molecule has 2 aliphatic rings. The first-order valence-electron chi connectivity index (χ1n) is 9.61. The molecule has 1 aliphatic carbocycles. The summed E-state index contributed by atoms with van der Waals surface area (Å²) in [5, 5.41) is 11.3. The van der Waals surface area contributed by atoms with Gasteiger partial charge in [0.25, 0.3) is 0 Å². The molecule has 2 aromatic heterocycles. The molecule has 0 spiro atoms. The van der Waals surface area contributed by atoms with Crippen molar-refractivity contribution in [2.75, 3.05) is 5.32 Å². The van der Waals surface area contributed by atoms with Gasteiger partial charge < -0.3 is 15.4 Å². The summed E-state index contributed by atoms with van der Waals surface area (Å²) in [6.45, 7) is 6.20. The van der Waals surface area contributed by atoms with Gasteiger partial charge in [0.05, 0.1) is 23.8 Å². The molecule has 0 radical (unpaired) electrons. The van der Waals surface area contributed by atoms with Crippen molar-refractivity contribution in [2.45, 2.75) is 44.4 Å². The Bertz CT molecular complexity index is 1060. The van der Waals surface area contributed by atoms with E-state index in [2.05, 4.69) is 22.3 Å². The average Bonchev–Trinajstić information content (AvgIpc) is 3.29. The summed E-state index contributed by atoms with van der Waals surface area (Å²) in [4.78, 5) is 4.72. The minimum absolute atomic E-state index is 0.00366. The first-order valence-corrected chi connectivity index (χ1v) is 9.61. The summed E-state index contributed by atoms with van der Waals surface area (Å²) in [5.41, 5.74) is 3.15. The Balaban J connectivity index is 1.64. The van der Waals surface area contributed by atoms with Gasteiger partial charge in [-0.3, -0.25) is 0 Å². The molecule has 144 valence electrons. The summed E-state index contributed by atoms with van der Waals surface area (Å²) in [6, 6.07) is 6.51. The van der Waals surface area contributed by atoms with E-state index >= 15 is 0 Å². The van der Waals surface area contributed by atoms with Crippen molar-refractivity contribution in [3.63, 3.8) is 0 Å². The van der Waals surface area contributed by atoms with Crippen molar-refractivity contribution >= 4 is 17.2 Å². The van der Waals surface area contributed by atoms with Crippen molar-refractivity contribution < 1.29 is 9.13 Å². The van der Waals surface area contributed by atoms with Crippen LogP contribution < -0.4 is 15.4 Å². The summed E-state index contributed by atoms with van der Waals surface area (Å²) < 4.78 is 22.1. The number of anilines is 1. The second-order valence-corrected chi connectivity index (χ2v) is 7.50. The highest BCUT2D eigenvalue weighted by Gasteiger charge is 2.31. The van der Waals surface area contributed by atoms with Gasteiger partial charge in [-0.15, -0.1) is 0 Å². The smallest absolute Gasteiger partial charge is 0.166 e. The van der Waals surface area contributed by atoms with Crippen molar-refractivity contribution in [2.24, 2.45) is 0 Å². The van der Waals surface area contributed by atoms with E-state index in [-0.39, 0.29) is 24.0 Å². The molecule has 1 fully saturated rings. The zero-order valence-corrected chi connectivity index (χ0v) is 15.7. The van der Waals surface area contributed by atoms with Gasteiger partial charge in [-0.05, 0) is 50.5 Å². The maximum Gasteiger partial charge on any atom is 0.166 e. The predicted octanol–water partition coefficient (Wildman–Crippen LogP) is 3.92. The SMILES string of the molecule is C=C1N[C@H]2CCC[C@H]2Oc2ccc(F)cc2[C@@H](C)Nc2ccn3ncc1c3n2. The zero-order valence-electron chi connectivity index (χ0n) is 15.7. The van der Waals surface area contributed by atoms with Crippen molar-refractivity contribution in [3.05, 3.63) is 60.2 Å². The van der Waals surface area contributed by atoms with Crippen LogP contribution in [0.3, 0.4) is 0 Å². The standard InChI is InChI=1S/C21H22FN5O/c1-12-15-10-14(22)6-7-18(15)28-19-5-3-4-17(19)24-13(2)16-11-23-27-9-8-20(25-12)26-21(16)27/h6-12,17,19,24H,2-5H2,1H3,(H,25,26)/t12-,17+,19-/m1/s1. The van der Waals surface area contributed by atoms with E-state index < -0.39 is 0 Å². The van der Waals surface area contributed by atoms with Crippen LogP contribution in [-0.2, 0) is 0 Å². The number of hydrogen-bond donors (Lipinski definition) is 2. The maximum absolute atomic E-state index is 14.0. The number of ether oxygens (including phenoxy) is 1. The lowest BCUT2D eigenvalue weighted by Crippen LogP contribution is -2.38. The van der Waals surface area contributed by atoms with Crippen LogP contribution in [0.4, 0.5) is 10.2 Å². The molecule has 3 atom stereocenters. The molecule has 3 heterocycles. The van der Waals surface area contributed by atoms with Crippen LogP contribution in [0.2, 0.25) is 0 Å². The minimum Gasteiger partial charge on any atom is -0.488 e. The highest BCUT2D eigenvalue weighted by atomic mass is 19.1. The van der Waals surface area contributed by atoms with Gasteiger partial charge in [0.2, 0.25) is 0 Å². The topological polar surface area (TPSA) is 63.5 Å². The lowest BCUT2D eigenvalue weighted by molar-refractivity contribution is 0.180. The van der Waals surface area contributed by atoms with Gasteiger partial charge in [-0.25, -0.2) is 13.9 Å². The summed E-state index contributed by atoms with van der Waals surface area (Å²) >= 11 is 0. The highest BCUT2D eigenvalue weighted by molar-refractivity contribution is 5.74. The molecule has 3 aromatic rings. The molecule has 7 heteroatoms. The Labute approximate surface area is 162 Å². The Morgan fingerprint density at radius 1 is 1.25 bits per heavy atom. The van der Waals surface area contributed by atoms with E-state index in [0.29, 0.717) is 11.6 Å². The van der Waals surface area contributed by atoms with Crippen LogP contribution in [-0.4, -0.2) is 26.7 Å². The maximum atomic E-state index is 14.0. The minimum atomic E-state index is -0.281. The monoisotopic (exact) mass is 379 g/mol. The molecular weight excluding hydrogens is 357 g/mol. The van der Waals surface area contributed by atoms with Crippen molar-refractivity contribution in [1.29, 1.82) is 0 Å². The van der Waals surface area contributed by atoms with Gasteiger partial charge in [0, 0.05) is 17.5 Å². The van der Waals surface area contributed by atoms with Crippen molar-refractivity contribution in [1.82, 2.24) is 19.9 Å². The second kappa shape index (κ2) is 6.51. The molecule has 1 saturated carbocycles. The number of aromatic nitrogens is 3. The third-order valence-corrected chi connectivity index (χ3v) is 5.59. The lowest BCUT2D eigenvalue weighted by Gasteiger charge is -2.26. The summed E-state index contributed by atoms with van der Waals surface area (Å²) in [6.07, 6.45) is 6.63. The van der Waals surface area contributed by atoms with Gasteiger partial charge in [-0.2, -0.15) is 5.10 Å². The highest BCUT2D eigenvalue weighted by Crippen LogP contribution is 2.33. The van der Waals surface area contributed by atoms with Crippen LogP contribution >= 0.6 is 0 Å². The van der Waals surface area contributed by atoms with Crippen LogP contribution in [0.1, 0.15) is 43.4 Å². The number of halogens is 1. The van der Waals surface area contributed by atoms with Crippen molar-refractivity contribution in [3.8, 4) is 5.75 Å². The van der Waals surface area contributed by atoms with E-state index in [1.807, 2.05) is 19.2 Å². The van der Waals surface area contributed by atoms with Crippen LogP contribution in [0.15, 0.2) is 43.2 Å². The third-order valence-electron chi connectivity index (χ3n) is 5.59. The molecule has 0 saturated heterocycles. The van der Waals surface area contributed by atoms with Gasteiger partial charge in [0.15, 0.2) is 5.65 Å². The normalized spacial score (nSPS) is 24.2. The Morgan fingerprint density at radius 2 is 2.14 bits per heavy atom. The van der Waals surface area contributed by atoms with E-state index in [9.17, 15) is 4.39 Å². The quantitative estimate of drug-likeness (QED) is 0.620. The fourth-order valence-corrected chi connectivity index (χ4v) is 4.12. The first-order chi connectivity index (χ1) is 13.6. The van der Waals surface area contributed by atoms with Gasteiger partial charge in [-0.1, -0.05) is 6.58 Å². The Hall–Kier alpha value is -3.09. The van der Waals surface area contributed by atoms with E-state index in [4.69, 9.17) is 9.72 Å². The zero-order chi connectivity index (χ0) is 19.3. The molecule has 1 aliphatic heterocycles. The van der Waals surface area contributed by atoms with E-state index in [1.54, 1.807) is 16.8 Å². The van der Waals surface area contributed by atoms with Crippen LogP contribution in [0.25, 0.3) is 11.3 Å². The number of rotatable bonds is 0. The number of fused-ring (bicyclic) bond motifs is 3. The number of hydrogen-bond acceptors (Lipinski definition) is 5. The summed E-state index contributed by atoms with van der Waals surface area (Å²) in [7, 11) is 0. The largest absolute Gasteiger partial charge is 0.488 e. The van der Waals surface area contributed by atoms with Crippen LogP contribution in [0.5, 0.6) is 5.75 Å². The summed E-state index contributed by atoms with van der Waals surface area (Å²) in [5.74, 6) is 1.11. The molecule has 0 amide bonds. The number of benzene rings is 1. The lowest BCUT2D eigenvalue weighted by atomic mass is 10.1. The molecule has 2 bridgehead atoms. The fourth-order valence-electron chi connectivity index (χ4n) is 4.12. The van der Waals surface area contributed by atoms with E-state index in [0.717, 1.165) is 41.7 Å². The molecular formula is C21H22FN5O. The fraction of sp³-hybridized carbons (Fsp3) is 0.333. The average molecular weight is 379 g/mol. The molecule has 6 nitrogen and oxygen atoms in total. The number of nitrogens with zero attached hydrogens (tertiary/aromatic N) is 3. The molecule has 5 rings (SSSR count).